The Kier molecular flexibility index (Phi) is 30.4. The first-order valence-electron chi connectivity index (χ1n) is 2.99. The zero-order valence-corrected chi connectivity index (χ0v) is 12.6. The fourth-order valence-corrected chi connectivity index (χ4v) is 0. The second-order valence-electron chi connectivity index (χ2n) is 2.74. The average molecular weight is 275 g/mol. The summed E-state index contributed by atoms with van der Waals surface area (Å²) >= 11 is -0.181. The molecule has 11 heavy (non-hydrogen) atoms. The predicted molar refractivity (Wildman–Crippen MR) is 61.1 cm³/mol. The van der Waals surface area contributed by atoms with Crippen LogP contribution in [0.2, 0.25) is 0 Å². The van der Waals surface area contributed by atoms with Gasteiger partial charge in [-0.25, -0.2) is 0 Å². The molecule has 0 aliphatic carbocycles. The van der Waals surface area contributed by atoms with E-state index in [4.69, 9.17) is 20.1 Å². The second-order valence-corrected chi connectivity index (χ2v) is 10.2. The first-order chi connectivity index (χ1) is 4.88. The topological polar surface area (TPSA) is 0 Å². The molecule has 0 N–H and O–H groups in total. The van der Waals surface area contributed by atoms with Crippen LogP contribution in [0.1, 0.15) is 0 Å². The van der Waals surface area contributed by atoms with Crippen molar-refractivity contribution in [1.82, 2.24) is 0 Å². The van der Waals surface area contributed by atoms with E-state index in [0.717, 1.165) is 0 Å². The molecule has 0 spiro atoms. The minimum atomic E-state index is -0.181. The molecule has 0 aliphatic rings. The van der Waals surface area contributed by atoms with Gasteiger partial charge >= 0.3 is 33.5 Å². The van der Waals surface area contributed by atoms with Crippen molar-refractivity contribution in [3.8, 4) is 0 Å². The van der Waals surface area contributed by atoms with Gasteiger partial charge in [-0.3, -0.25) is 0 Å². The van der Waals surface area contributed by atoms with E-state index >= 15 is 0 Å². The quantitative estimate of drug-likeness (QED) is 0.584. The summed E-state index contributed by atoms with van der Waals surface area (Å²) in [5.74, 6) is 0. The van der Waals surface area contributed by atoms with Gasteiger partial charge in [0.2, 0.25) is 0 Å². The molecule has 0 aromatic rings. The number of hydrogen-bond acceptors (Lipinski definition) is 0. The molecular weight excluding hydrogens is 257 g/mol. The van der Waals surface area contributed by atoms with Gasteiger partial charge in [-0.05, 0) is 40.0 Å². The van der Waals surface area contributed by atoms with E-state index in [1.165, 1.54) is 0 Å². The molecule has 0 heterocycles. The Balaban J connectivity index is -0.0000000886. The molecule has 0 saturated heterocycles. The van der Waals surface area contributed by atoms with Crippen LogP contribution in [0.3, 0.4) is 0 Å². The Morgan fingerprint density at radius 1 is 0.727 bits per heavy atom. The van der Waals surface area contributed by atoms with Crippen molar-refractivity contribution in [3.63, 3.8) is 0 Å². The van der Waals surface area contributed by atoms with Crippen LogP contribution in [0.15, 0.2) is 0 Å². The predicted octanol–water partition coefficient (Wildman–Crippen LogP) is 4.09. The van der Waals surface area contributed by atoms with Crippen LogP contribution in [0.5, 0.6) is 0 Å². The molecule has 0 unspecified atom stereocenters. The summed E-state index contributed by atoms with van der Waals surface area (Å²) in [5, 5.41) is 0. The fraction of sp³-hybridized carbons (Fsp3) is 1.00. The van der Waals surface area contributed by atoms with E-state index in [2.05, 4.69) is 40.0 Å². The Hall–Kier alpha value is 1.97. The molecular formula is C6H18Cl2CrP2. The normalized spacial score (nSPS) is 8.18. The Labute approximate surface area is 89.0 Å². The van der Waals surface area contributed by atoms with Gasteiger partial charge in [0, 0.05) is 0 Å². The van der Waals surface area contributed by atoms with E-state index in [1.807, 2.05) is 0 Å². The first kappa shape index (κ1) is 18.7. The summed E-state index contributed by atoms with van der Waals surface area (Å²) in [6.45, 7) is 13.4. The number of halogens is 2. The molecule has 0 amide bonds. The third kappa shape index (κ3) is 306. The van der Waals surface area contributed by atoms with Gasteiger partial charge < -0.3 is 0 Å². The summed E-state index contributed by atoms with van der Waals surface area (Å²) < 4.78 is 0. The molecule has 0 fully saturated rings. The maximum atomic E-state index is 4.83. The zero-order chi connectivity index (χ0) is 9.86. The van der Waals surface area contributed by atoms with Crippen LogP contribution >= 0.6 is 35.9 Å². The Morgan fingerprint density at radius 3 is 0.727 bits per heavy atom. The van der Waals surface area contributed by atoms with E-state index < -0.39 is 0 Å². The minimum absolute atomic E-state index is 0.181. The third-order valence-corrected chi connectivity index (χ3v) is 0. The third-order valence-electron chi connectivity index (χ3n) is 0. The molecule has 0 atom stereocenters. The van der Waals surface area contributed by atoms with Gasteiger partial charge in [-0.15, -0.1) is 15.8 Å². The van der Waals surface area contributed by atoms with Crippen molar-refractivity contribution in [2.45, 2.75) is 0 Å². The molecule has 5 heteroatoms. The van der Waals surface area contributed by atoms with Crippen LogP contribution in [-0.4, -0.2) is 40.0 Å². The SMILES string of the molecule is CP(C)C.CP(C)C.[Cl][Cr][Cl]. The van der Waals surface area contributed by atoms with E-state index in [0.29, 0.717) is 15.8 Å². The van der Waals surface area contributed by atoms with Crippen molar-refractivity contribution in [2.75, 3.05) is 40.0 Å². The van der Waals surface area contributed by atoms with Gasteiger partial charge in [0.25, 0.3) is 0 Å². The van der Waals surface area contributed by atoms with Crippen LogP contribution in [0.25, 0.3) is 0 Å². The fourth-order valence-electron chi connectivity index (χ4n) is 0. The molecule has 0 aromatic carbocycles. The molecule has 0 saturated carbocycles. The summed E-state index contributed by atoms with van der Waals surface area (Å²) in [5.41, 5.74) is 0. The van der Waals surface area contributed by atoms with Crippen molar-refractivity contribution in [1.29, 1.82) is 0 Å². The molecule has 0 rings (SSSR count). The zero-order valence-electron chi connectivity index (χ0n) is 8.06. The average Bonchev–Trinajstić information content (AvgIpc) is 1.60. The molecule has 0 aliphatic heterocycles. The molecule has 0 aromatic heterocycles. The van der Waals surface area contributed by atoms with Gasteiger partial charge in [0.05, 0.1) is 0 Å². The van der Waals surface area contributed by atoms with E-state index in [1.54, 1.807) is 0 Å². The molecule has 72 valence electrons. The van der Waals surface area contributed by atoms with E-state index in [-0.39, 0.29) is 13.4 Å². The second kappa shape index (κ2) is 17.9. The standard InChI is InChI=1S/2C3H9P.2ClH.Cr/c2*1-4(2)3;;;/h2*1-3H3;2*1H;/q;;;;+2/p-2. The van der Waals surface area contributed by atoms with Crippen molar-refractivity contribution in [3.05, 3.63) is 0 Å². The molecule has 0 bridgehead atoms. The van der Waals surface area contributed by atoms with Gasteiger partial charge in [-0.2, -0.15) is 0 Å². The van der Waals surface area contributed by atoms with Crippen LogP contribution in [0, 0.1) is 0 Å². The van der Waals surface area contributed by atoms with Crippen molar-refractivity contribution in [2.24, 2.45) is 0 Å². The van der Waals surface area contributed by atoms with E-state index in [9.17, 15) is 0 Å². The van der Waals surface area contributed by atoms with Crippen molar-refractivity contribution >= 4 is 35.9 Å². The number of rotatable bonds is 0. The summed E-state index contributed by atoms with van der Waals surface area (Å²) in [6, 6.07) is 0. The Bertz CT molecular complexity index is 42.3. The maximum absolute atomic E-state index is 4.83. The van der Waals surface area contributed by atoms with Crippen LogP contribution in [-0.2, 0) is 13.4 Å². The molecule has 0 radical (unpaired) electrons. The molecule has 0 nitrogen and oxygen atoms in total. The van der Waals surface area contributed by atoms with Gasteiger partial charge in [0.15, 0.2) is 0 Å². The summed E-state index contributed by atoms with van der Waals surface area (Å²) in [4.78, 5) is 0. The summed E-state index contributed by atoms with van der Waals surface area (Å²) in [6.07, 6.45) is 0. The van der Waals surface area contributed by atoms with Crippen molar-refractivity contribution < 1.29 is 13.4 Å². The first-order valence-corrected chi connectivity index (χ1v) is 11.9. The van der Waals surface area contributed by atoms with Gasteiger partial charge in [-0.1, -0.05) is 0 Å². The van der Waals surface area contributed by atoms with Gasteiger partial charge in [0.1, 0.15) is 0 Å². The van der Waals surface area contributed by atoms with Crippen LogP contribution < -0.4 is 0 Å². The Morgan fingerprint density at radius 2 is 0.727 bits per heavy atom. The summed E-state index contributed by atoms with van der Waals surface area (Å²) in [7, 11) is 10.4. The number of hydrogen-bond donors (Lipinski definition) is 0. The monoisotopic (exact) mass is 274 g/mol. The van der Waals surface area contributed by atoms with Crippen LogP contribution in [0.4, 0.5) is 0 Å².